The molecule has 0 saturated carbocycles. The highest BCUT2D eigenvalue weighted by molar-refractivity contribution is 7.89. The van der Waals surface area contributed by atoms with Gasteiger partial charge in [0, 0.05) is 39.3 Å². The van der Waals surface area contributed by atoms with Crippen LogP contribution in [0.15, 0.2) is 41.3 Å². The maximum absolute atomic E-state index is 12.9. The van der Waals surface area contributed by atoms with E-state index in [9.17, 15) is 8.42 Å². The van der Waals surface area contributed by atoms with Crippen molar-refractivity contribution in [1.82, 2.24) is 14.5 Å². The molecule has 9 heteroatoms. The van der Waals surface area contributed by atoms with Crippen LogP contribution >= 0.6 is 0 Å². The van der Waals surface area contributed by atoms with Crippen molar-refractivity contribution in [2.24, 2.45) is 0 Å². The summed E-state index contributed by atoms with van der Waals surface area (Å²) in [6, 6.07) is 10.5. The maximum Gasteiger partial charge on any atom is 0.243 e. The molecule has 29 heavy (non-hydrogen) atoms. The zero-order chi connectivity index (χ0) is 20.3. The van der Waals surface area contributed by atoms with Gasteiger partial charge in [-0.1, -0.05) is 0 Å². The molecule has 0 bridgehead atoms. The van der Waals surface area contributed by atoms with Crippen LogP contribution in [0.1, 0.15) is 19.3 Å². The summed E-state index contributed by atoms with van der Waals surface area (Å²) in [7, 11) is -1.95. The van der Waals surface area contributed by atoms with Crippen molar-refractivity contribution in [2.75, 3.05) is 56.2 Å². The molecule has 2 aliphatic heterocycles. The molecular formula is C20H27N5O3S. The molecule has 4 rings (SSSR count). The summed E-state index contributed by atoms with van der Waals surface area (Å²) in [5.41, 5.74) is 0. The molecular weight excluding hydrogens is 390 g/mol. The molecule has 1 aromatic heterocycles. The summed E-state index contributed by atoms with van der Waals surface area (Å²) in [6.45, 7) is 4.10. The fraction of sp³-hybridized carbons (Fsp3) is 0.500. The number of nitrogens with zero attached hydrogens (tertiary/aromatic N) is 5. The molecule has 0 atom stereocenters. The van der Waals surface area contributed by atoms with Crippen molar-refractivity contribution in [3.63, 3.8) is 0 Å². The highest BCUT2D eigenvalue weighted by Gasteiger charge is 2.29. The van der Waals surface area contributed by atoms with E-state index in [0.29, 0.717) is 31.9 Å². The Kier molecular flexibility index (Phi) is 5.86. The van der Waals surface area contributed by atoms with E-state index in [2.05, 4.69) is 20.0 Å². The van der Waals surface area contributed by atoms with Gasteiger partial charge in [-0.05, 0) is 55.7 Å². The fourth-order valence-electron chi connectivity index (χ4n) is 3.83. The molecule has 2 fully saturated rings. The highest BCUT2D eigenvalue weighted by atomic mass is 32.2. The van der Waals surface area contributed by atoms with Gasteiger partial charge in [-0.25, -0.2) is 8.42 Å². The minimum Gasteiger partial charge on any atom is -0.497 e. The van der Waals surface area contributed by atoms with Gasteiger partial charge in [0.25, 0.3) is 0 Å². The second kappa shape index (κ2) is 8.54. The number of anilines is 2. The second-order valence-corrected chi connectivity index (χ2v) is 9.30. The molecule has 2 saturated heterocycles. The normalized spacial score (nSPS) is 18.7. The third-order valence-electron chi connectivity index (χ3n) is 5.58. The Morgan fingerprint density at radius 1 is 0.759 bits per heavy atom. The van der Waals surface area contributed by atoms with E-state index in [-0.39, 0.29) is 4.90 Å². The van der Waals surface area contributed by atoms with Crippen LogP contribution in [0.25, 0.3) is 0 Å². The van der Waals surface area contributed by atoms with Crippen LogP contribution in [0.2, 0.25) is 0 Å². The number of methoxy groups -OCH3 is 1. The van der Waals surface area contributed by atoms with Crippen LogP contribution in [0.5, 0.6) is 5.75 Å². The van der Waals surface area contributed by atoms with Crippen LogP contribution in [0.4, 0.5) is 11.6 Å². The van der Waals surface area contributed by atoms with E-state index in [1.165, 1.54) is 23.6 Å². The lowest BCUT2D eigenvalue weighted by atomic mass is 10.1. The minimum atomic E-state index is -3.51. The lowest BCUT2D eigenvalue weighted by molar-refractivity contribution is 0.383. The van der Waals surface area contributed by atoms with Crippen molar-refractivity contribution in [3.05, 3.63) is 36.4 Å². The van der Waals surface area contributed by atoms with Gasteiger partial charge in [0.05, 0.1) is 12.0 Å². The van der Waals surface area contributed by atoms with E-state index in [1.807, 2.05) is 12.1 Å². The van der Waals surface area contributed by atoms with E-state index >= 15 is 0 Å². The van der Waals surface area contributed by atoms with Gasteiger partial charge in [-0.2, -0.15) is 4.31 Å². The fourth-order valence-corrected chi connectivity index (χ4v) is 5.26. The SMILES string of the molecule is COc1ccc(S(=O)(=O)N2CCN(c3ccc(N4CCCCC4)nn3)CC2)cc1. The first-order valence-corrected chi connectivity index (χ1v) is 11.5. The van der Waals surface area contributed by atoms with Crippen molar-refractivity contribution < 1.29 is 13.2 Å². The summed E-state index contributed by atoms with van der Waals surface area (Å²) in [5.74, 6) is 2.36. The van der Waals surface area contributed by atoms with E-state index in [4.69, 9.17) is 4.74 Å². The highest BCUT2D eigenvalue weighted by Crippen LogP contribution is 2.23. The van der Waals surface area contributed by atoms with Crippen molar-refractivity contribution in [1.29, 1.82) is 0 Å². The van der Waals surface area contributed by atoms with Gasteiger partial charge < -0.3 is 14.5 Å². The second-order valence-electron chi connectivity index (χ2n) is 7.36. The molecule has 0 N–H and O–H groups in total. The topological polar surface area (TPSA) is 78.9 Å². The molecule has 3 heterocycles. The molecule has 0 aliphatic carbocycles. The summed E-state index contributed by atoms with van der Waals surface area (Å²) < 4.78 is 32.4. The molecule has 0 unspecified atom stereocenters. The van der Waals surface area contributed by atoms with Crippen LogP contribution in [0.3, 0.4) is 0 Å². The number of piperazine rings is 1. The van der Waals surface area contributed by atoms with Crippen molar-refractivity contribution in [2.45, 2.75) is 24.2 Å². The largest absolute Gasteiger partial charge is 0.497 e. The van der Waals surface area contributed by atoms with Gasteiger partial charge in [-0.3, -0.25) is 0 Å². The third-order valence-corrected chi connectivity index (χ3v) is 7.49. The number of sulfonamides is 1. The Labute approximate surface area is 172 Å². The quantitative estimate of drug-likeness (QED) is 0.736. The van der Waals surface area contributed by atoms with Gasteiger partial charge in [0.15, 0.2) is 11.6 Å². The molecule has 0 spiro atoms. The van der Waals surface area contributed by atoms with Crippen LogP contribution in [0, 0.1) is 0 Å². The number of rotatable bonds is 5. The van der Waals surface area contributed by atoms with Crippen LogP contribution in [-0.4, -0.2) is 69.3 Å². The molecule has 1 aromatic carbocycles. The maximum atomic E-state index is 12.9. The first-order chi connectivity index (χ1) is 14.1. The Bertz CT molecular complexity index is 904. The smallest absolute Gasteiger partial charge is 0.243 e. The molecule has 2 aromatic rings. The van der Waals surface area contributed by atoms with Gasteiger partial charge in [0.1, 0.15) is 5.75 Å². The number of benzene rings is 1. The molecule has 156 valence electrons. The van der Waals surface area contributed by atoms with E-state index in [1.54, 1.807) is 31.4 Å². The minimum absolute atomic E-state index is 0.289. The first-order valence-electron chi connectivity index (χ1n) is 10.1. The van der Waals surface area contributed by atoms with Gasteiger partial charge in [0.2, 0.25) is 10.0 Å². The number of hydrogen-bond acceptors (Lipinski definition) is 7. The number of ether oxygens (including phenoxy) is 1. The summed E-state index contributed by atoms with van der Waals surface area (Å²) >= 11 is 0. The van der Waals surface area contributed by atoms with Crippen LogP contribution in [-0.2, 0) is 10.0 Å². The van der Waals surface area contributed by atoms with Crippen molar-refractivity contribution >= 4 is 21.7 Å². The van der Waals surface area contributed by atoms with Gasteiger partial charge >= 0.3 is 0 Å². The van der Waals surface area contributed by atoms with E-state index in [0.717, 1.165) is 24.7 Å². The predicted octanol–water partition coefficient (Wildman–Crippen LogP) is 1.99. The average molecular weight is 418 g/mol. The Morgan fingerprint density at radius 2 is 1.31 bits per heavy atom. The predicted molar refractivity (Wildman–Crippen MR) is 112 cm³/mol. The van der Waals surface area contributed by atoms with Crippen LogP contribution < -0.4 is 14.5 Å². The molecule has 0 amide bonds. The molecule has 8 nitrogen and oxygen atoms in total. The summed E-state index contributed by atoms with van der Waals surface area (Å²) in [5, 5.41) is 8.79. The molecule has 0 radical (unpaired) electrons. The first kappa shape index (κ1) is 19.9. The summed E-state index contributed by atoms with van der Waals surface area (Å²) in [6.07, 6.45) is 3.69. The van der Waals surface area contributed by atoms with Crippen molar-refractivity contribution in [3.8, 4) is 5.75 Å². The monoisotopic (exact) mass is 417 g/mol. The average Bonchev–Trinajstić information content (AvgIpc) is 2.80. The number of aromatic nitrogens is 2. The zero-order valence-corrected chi connectivity index (χ0v) is 17.5. The Morgan fingerprint density at radius 3 is 1.83 bits per heavy atom. The standard InChI is InChI=1S/C20H27N5O3S/c1-28-17-5-7-18(8-6-17)29(26,27)25-15-13-24(14-16-25)20-10-9-19(21-22-20)23-11-3-2-4-12-23/h5-10H,2-4,11-16H2,1H3. The number of hydrogen-bond donors (Lipinski definition) is 0. The number of piperidine rings is 1. The third kappa shape index (κ3) is 4.30. The Hall–Kier alpha value is -2.39. The zero-order valence-electron chi connectivity index (χ0n) is 16.7. The molecule has 2 aliphatic rings. The van der Waals surface area contributed by atoms with E-state index < -0.39 is 10.0 Å². The Balaban J connectivity index is 1.38. The lowest BCUT2D eigenvalue weighted by Gasteiger charge is -2.34. The lowest BCUT2D eigenvalue weighted by Crippen LogP contribution is -2.49. The summed E-state index contributed by atoms with van der Waals surface area (Å²) in [4.78, 5) is 4.66. The van der Waals surface area contributed by atoms with Gasteiger partial charge in [-0.15, -0.1) is 10.2 Å².